The molecule has 3 aromatic carbocycles. The van der Waals surface area contributed by atoms with Gasteiger partial charge in [-0.05, 0) is 68.8 Å². The van der Waals surface area contributed by atoms with Crippen LogP contribution in [0.4, 0.5) is 0 Å². The van der Waals surface area contributed by atoms with Crippen LogP contribution in [-0.2, 0) is 14.9 Å². The predicted molar refractivity (Wildman–Crippen MR) is 158 cm³/mol. The van der Waals surface area contributed by atoms with E-state index in [1.807, 2.05) is 55.5 Å². The van der Waals surface area contributed by atoms with Gasteiger partial charge < -0.3 is 15.0 Å². The maximum Gasteiger partial charge on any atom is 0.306 e. The Kier molecular flexibility index (Phi) is 9.94. The third-order valence-electron chi connectivity index (χ3n) is 7.94. The van der Waals surface area contributed by atoms with Gasteiger partial charge in [-0.2, -0.15) is 0 Å². The second kappa shape index (κ2) is 13.6. The highest BCUT2D eigenvalue weighted by Crippen LogP contribution is 2.33. The summed E-state index contributed by atoms with van der Waals surface area (Å²) in [5.41, 5.74) is 4.89. The molecule has 0 aliphatic carbocycles. The summed E-state index contributed by atoms with van der Waals surface area (Å²) in [6.07, 6.45) is 4.20. The molecule has 5 heteroatoms. The molecule has 0 bridgehead atoms. The molecule has 1 N–H and O–H groups in total. The number of rotatable bonds is 11. The summed E-state index contributed by atoms with van der Waals surface area (Å²) in [6.45, 7) is 9.43. The van der Waals surface area contributed by atoms with E-state index < -0.39 is 0 Å². The average Bonchev–Trinajstić information content (AvgIpc) is 2.94. The van der Waals surface area contributed by atoms with Gasteiger partial charge in [0.1, 0.15) is 0 Å². The van der Waals surface area contributed by atoms with Gasteiger partial charge in [0.25, 0.3) is 5.91 Å². The molecular weight excluding hydrogens is 484 g/mol. The molecule has 1 unspecified atom stereocenters. The van der Waals surface area contributed by atoms with Crippen LogP contribution in [0.15, 0.2) is 78.9 Å². The fourth-order valence-corrected chi connectivity index (χ4v) is 5.71. The van der Waals surface area contributed by atoms with Gasteiger partial charge in [0.2, 0.25) is 0 Å². The summed E-state index contributed by atoms with van der Waals surface area (Å²) in [4.78, 5) is 28.1. The Bertz CT molecular complexity index is 1230. The van der Waals surface area contributed by atoms with Gasteiger partial charge in [-0.15, -0.1) is 0 Å². The van der Waals surface area contributed by atoms with E-state index in [1.165, 1.54) is 11.1 Å². The second-order valence-electron chi connectivity index (χ2n) is 11.0. The summed E-state index contributed by atoms with van der Waals surface area (Å²) >= 11 is 0. The monoisotopic (exact) mass is 526 g/mol. The highest BCUT2D eigenvalue weighted by molar-refractivity contribution is 6.01. The molecule has 3 aromatic rings. The van der Waals surface area contributed by atoms with Gasteiger partial charge >= 0.3 is 5.97 Å². The van der Waals surface area contributed by atoms with Crippen LogP contribution in [0.3, 0.4) is 0 Å². The number of likely N-dealkylation sites (tertiary alicyclic amines) is 1. The summed E-state index contributed by atoms with van der Waals surface area (Å²) in [6, 6.07) is 26.7. The lowest BCUT2D eigenvalue weighted by Crippen LogP contribution is -2.45. The molecule has 1 fully saturated rings. The Balaban J connectivity index is 1.29. The number of benzene rings is 3. The van der Waals surface area contributed by atoms with E-state index in [0.29, 0.717) is 13.0 Å². The first-order valence-corrected chi connectivity index (χ1v) is 14.3. The van der Waals surface area contributed by atoms with Crippen LogP contribution in [0.2, 0.25) is 0 Å². The van der Waals surface area contributed by atoms with Crippen LogP contribution in [0.25, 0.3) is 11.1 Å². The van der Waals surface area contributed by atoms with Crippen LogP contribution in [0, 0.1) is 6.92 Å². The molecule has 1 amide bonds. The van der Waals surface area contributed by atoms with E-state index in [1.54, 1.807) is 0 Å². The number of carbonyl (C=O) groups excluding carboxylic acids is 2. The highest BCUT2D eigenvalue weighted by atomic mass is 16.5. The molecule has 1 aliphatic rings. The fourth-order valence-electron chi connectivity index (χ4n) is 5.71. The Morgan fingerprint density at radius 1 is 0.974 bits per heavy atom. The summed E-state index contributed by atoms with van der Waals surface area (Å²) in [5, 5.41) is 3.30. The Labute approximate surface area is 233 Å². The van der Waals surface area contributed by atoms with Crippen molar-refractivity contribution in [1.82, 2.24) is 10.2 Å². The van der Waals surface area contributed by atoms with E-state index in [4.69, 9.17) is 4.74 Å². The smallest absolute Gasteiger partial charge is 0.306 e. The van der Waals surface area contributed by atoms with Crippen molar-refractivity contribution < 1.29 is 14.3 Å². The van der Waals surface area contributed by atoms with Gasteiger partial charge in [0.05, 0.1) is 13.0 Å². The molecule has 1 saturated heterocycles. The number of nitrogens with one attached hydrogen (secondary N) is 1. The van der Waals surface area contributed by atoms with Gasteiger partial charge in [0.15, 0.2) is 0 Å². The SMILES string of the molecule is CCOC(=O)CC(C)(CCCN1CCC(NC(=O)c2ccccc2-c2cccc(C)c2)CC1)c1ccccc1. The van der Waals surface area contributed by atoms with E-state index >= 15 is 0 Å². The Hall–Kier alpha value is -3.44. The summed E-state index contributed by atoms with van der Waals surface area (Å²) in [7, 11) is 0. The number of hydrogen-bond acceptors (Lipinski definition) is 4. The largest absolute Gasteiger partial charge is 0.466 e. The lowest BCUT2D eigenvalue weighted by Gasteiger charge is -2.34. The van der Waals surface area contributed by atoms with Crippen molar-refractivity contribution in [3.8, 4) is 11.1 Å². The third-order valence-corrected chi connectivity index (χ3v) is 7.94. The predicted octanol–water partition coefficient (Wildman–Crippen LogP) is 6.55. The zero-order valence-corrected chi connectivity index (χ0v) is 23.6. The first-order valence-electron chi connectivity index (χ1n) is 14.3. The molecule has 0 saturated carbocycles. The number of nitrogens with zero attached hydrogens (tertiary/aromatic N) is 1. The normalized spacial score (nSPS) is 15.9. The van der Waals surface area contributed by atoms with E-state index in [-0.39, 0.29) is 23.3 Å². The molecule has 1 atom stereocenters. The Morgan fingerprint density at radius 2 is 1.69 bits per heavy atom. The summed E-state index contributed by atoms with van der Waals surface area (Å²) in [5.74, 6) is -0.132. The van der Waals surface area contributed by atoms with Gasteiger partial charge in [0, 0.05) is 30.1 Å². The number of piperidine rings is 1. The minimum atomic E-state index is -0.246. The molecule has 4 rings (SSSR count). The van der Waals surface area contributed by atoms with Gasteiger partial charge in [-0.3, -0.25) is 9.59 Å². The van der Waals surface area contributed by atoms with Crippen LogP contribution < -0.4 is 5.32 Å². The van der Waals surface area contributed by atoms with E-state index in [2.05, 4.69) is 54.4 Å². The molecule has 0 spiro atoms. The molecular formula is C34H42N2O3. The first-order chi connectivity index (χ1) is 18.9. The van der Waals surface area contributed by atoms with Crippen molar-refractivity contribution in [2.75, 3.05) is 26.2 Å². The molecule has 1 aliphatic heterocycles. The van der Waals surface area contributed by atoms with Crippen LogP contribution in [0.1, 0.15) is 67.4 Å². The first kappa shape index (κ1) is 28.6. The second-order valence-corrected chi connectivity index (χ2v) is 11.0. The molecule has 206 valence electrons. The highest BCUT2D eigenvalue weighted by Gasteiger charge is 2.30. The van der Waals surface area contributed by atoms with Crippen molar-refractivity contribution in [3.63, 3.8) is 0 Å². The maximum absolute atomic E-state index is 13.3. The number of amides is 1. The minimum Gasteiger partial charge on any atom is -0.466 e. The topological polar surface area (TPSA) is 58.6 Å². The van der Waals surface area contributed by atoms with E-state index in [9.17, 15) is 9.59 Å². The number of carbonyl (C=O) groups is 2. The van der Waals surface area contributed by atoms with Crippen molar-refractivity contribution in [3.05, 3.63) is 95.6 Å². The zero-order valence-electron chi connectivity index (χ0n) is 23.6. The van der Waals surface area contributed by atoms with Crippen molar-refractivity contribution in [2.45, 2.75) is 64.3 Å². The molecule has 0 radical (unpaired) electrons. The number of aryl methyl sites for hydroxylation is 1. The fraction of sp³-hybridized carbons (Fsp3) is 0.412. The third kappa shape index (κ3) is 7.79. The number of hydrogen-bond donors (Lipinski definition) is 1. The van der Waals surface area contributed by atoms with Gasteiger partial charge in [-0.25, -0.2) is 0 Å². The zero-order chi connectivity index (χ0) is 27.7. The van der Waals surface area contributed by atoms with Crippen molar-refractivity contribution in [1.29, 1.82) is 0 Å². The Morgan fingerprint density at radius 3 is 2.41 bits per heavy atom. The van der Waals surface area contributed by atoms with Crippen molar-refractivity contribution in [2.24, 2.45) is 0 Å². The van der Waals surface area contributed by atoms with Crippen LogP contribution in [0.5, 0.6) is 0 Å². The van der Waals surface area contributed by atoms with Crippen molar-refractivity contribution >= 4 is 11.9 Å². The number of esters is 1. The molecule has 39 heavy (non-hydrogen) atoms. The lowest BCUT2D eigenvalue weighted by molar-refractivity contribution is -0.144. The average molecular weight is 527 g/mol. The van der Waals surface area contributed by atoms with E-state index in [0.717, 1.165) is 62.0 Å². The standard InChI is InChI=1S/C34H42N2O3/c1-4-39-32(37)25-34(3,28-14-6-5-7-15-28)20-11-21-36-22-18-29(19-23-36)35-33(38)31-17-9-8-16-30(31)27-13-10-12-26(2)24-27/h5-10,12-17,24,29H,4,11,18-23,25H2,1-3H3,(H,35,38). The molecule has 1 heterocycles. The summed E-state index contributed by atoms with van der Waals surface area (Å²) < 4.78 is 5.28. The molecule has 0 aromatic heterocycles. The molecule has 5 nitrogen and oxygen atoms in total. The lowest BCUT2D eigenvalue weighted by atomic mass is 9.76. The van der Waals surface area contributed by atoms with Crippen LogP contribution >= 0.6 is 0 Å². The van der Waals surface area contributed by atoms with Crippen LogP contribution in [-0.4, -0.2) is 49.1 Å². The van der Waals surface area contributed by atoms with Gasteiger partial charge in [-0.1, -0.05) is 85.3 Å². The quantitative estimate of drug-likeness (QED) is 0.288. The number of ether oxygens (including phenoxy) is 1. The minimum absolute atomic E-state index is 0.00292. The maximum atomic E-state index is 13.3.